The van der Waals surface area contributed by atoms with E-state index in [1.54, 1.807) is 19.1 Å². The van der Waals surface area contributed by atoms with Crippen molar-refractivity contribution in [2.24, 2.45) is 11.0 Å². The Balaban J connectivity index is 2.32. The first-order valence-corrected chi connectivity index (χ1v) is 6.68. The summed E-state index contributed by atoms with van der Waals surface area (Å²) in [5.74, 6) is -0.578. The minimum Gasteiger partial charge on any atom is -0.485 e. The molecule has 1 aromatic carbocycles. The number of ketones is 1. The van der Waals surface area contributed by atoms with Crippen molar-refractivity contribution in [2.75, 3.05) is 6.61 Å². The molecule has 0 saturated carbocycles. The highest BCUT2D eigenvalue weighted by molar-refractivity contribution is 6.06. The van der Waals surface area contributed by atoms with Crippen LogP contribution in [0, 0.1) is 18.7 Å². The lowest BCUT2D eigenvalue weighted by Crippen LogP contribution is -2.32. The van der Waals surface area contributed by atoms with Crippen LogP contribution in [0.4, 0.5) is 4.39 Å². The van der Waals surface area contributed by atoms with Crippen molar-refractivity contribution >= 4 is 17.4 Å². The normalized spacial score (nSPS) is 18.0. The maximum atomic E-state index is 14.5. The molecule has 1 amide bonds. The fourth-order valence-electron chi connectivity index (χ4n) is 2.18. The first kappa shape index (κ1) is 15.2. The lowest BCUT2D eigenvalue weighted by molar-refractivity contribution is -0.122. The van der Waals surface area contributed by atoms with Gasteiger partial charge in [-0.2, -0.15) is 5.10 Å². The van der Waals surface area contributed by atoms with Gasteiger partial charge in [-0.1, -0.05) is 6.92 Å². The Hall–Kier alpha value is -2.24. The Morgan fingerprint density at radius 2 is 2.24 bits per heavy atom. The molecule has 21 heavy (non-hydrogen) atoms. The topological polar surface area (TPSA) is 67.8 Å². The molecule has 1 atom stereocenters. The van der Waals surface area contributed by atoms with E-state index >= 15 is 0 Å². The predicted molar refractivity (Wildman–Crippen MR) is 75.8 cm³/mol. The number of halogens is 1. The number of hydrazone groups is 1. The quantitative estimate of drug-likeness (QED) is 0.922. The van der Waals surface area contributed by atoms with Crippen molar-refractivity contribution in [2.45, 2.75) is 27.2 Å². The first-order chi connectivity index (χ1) is 9.90. The number of carbonyl (C=O) groups excluding carboxylic acids is 2. The summed E-state index contributed by atoms with van der Waals surface area (Å²) in [6.07, 6.45) is 0.278. The summed E-state index contributed by atoms with van der Waals surface area (Å²) in [7, 11) is 0. The Morgan fingerprint density at radius 3 is 2.86 bits per heavy atom. The Labute approximate surface area is 122 Å². The number of amides is 1. The van der Waals surface area contributed by atoms with Crippen LogP contribution in [-0.4, -0.2) is 24.0 Å². The molecule has 6 heteroatoms. The van der Waals surface area contributed by atoms with E-state index in [9.17, 15) is 14.0 Å². The average Bonchev–Trinajstić information content (AvgIpc) is 2.41. The van der Waals surface area contributed by atoms with Crippen LogP contribution >= 0.6 is 0 Å². The minimum absolute atomic E-state index is 0.0902. The molecular weight excluding hydrogens is 275 g/mol. The second-order valence-electron chi connectivity index (χ2n) is 5.18. The average molecular weight is 292 g/mol. The van der Waals surface area contributed by atoms with Crippen LogP contribution in [0.15, 0.2) is 17.2 Å². The van der Waals surface area contributed by atoms with Gasteiger partial charge in [-0.05, 0) is 26.0 Å². The van der Waals surface area contributed by atoms with Crippen molar-refractivity contribution in [3.63, 3.8) is 0 Å². The summed E-state index contributed by atoms with van der Waals surface area (Å²) in [5, 5.41) is 3.95. The second kappa shape index (κ2) is 6.03. The Bertz CT molecular complexity index is 626. The lowest BCUT2D eigenvalue weighted by Gasteiger charge is -2.20. The van der Waals surface area contributed by atoms with Crippen LogP contribution in [0.5, 0.6) is 5.75 Å². The SMILES string of the molecule is CC(=O)COc1ccc(C2=NNC(=O)CC2C)c(F)c1C. The van der Waals surface area contributed by atoms with Crippen LogP contribution in [0.25, 0.3) is 0 Å². The third-order valence-electron chi connectivity index (χ3n) is 3.30. The van der Waals surface area contributed by atoms with E-state index in [4.69, 9.17) is 4.74 Å². The maximum Gasteiger partial charge on any atom is 0.240 e. The maximum absolute atomic E-state index is 14.5. The molecule has 0 fully saturated rings. The Kier molecular flexibility index (Phi) is 4.35. The highest BCUT2D eigenvalue weighted by Crippen LogP contribution is 2.27. The smallest absolute Gasteiger partial charge is 0.240 e. The van der Waals surface area contributed by atoms with Crippen molar-refractivity contribution in [3.8, 4) is 5.75 Å². The van der Waals surface area contributed by atoms with Crippen molar-refractivity contribution in [1.29, 1.82) is 0 Å². The zero-order valence-corrected chi connectivity index (χ0v) is 12.2. The van der Waals surface area contributed by atoms with Gasteiger partial charge in [0.05, 0.1) is 5.71 Å². The fourth-order valence-corrected chi connectivity index (χ4v) is 2.18. The number of hydrogen-bond donors (Lipinski definition) is 1. The van der Waals surface area contributed by atoms with Gasteiger partial charge in [-0.15, -0.1) is 0 Å². The molecule has 2 rings (SSSR count). The molecule has 1 aliphatic rings. The molecule has 1 aliphatic heterocycles. The molecule has 1 unspecified atom stereocenters. The van der Waals surface area contributed by atoms with Gasteiger partial charge in [0.1, 0.15) is 18.2 Å². The molecule has 1 N–H and O–H groups in total. The number of benzene rings is 1. The lowest BCUT2D eigenvalue weighted by atomic mass is 9.92. The van der Waals surface area contributed by atoms with E-state index in [0.717, 1.165) is 0 Å². The number of carbonyl (C=O) groups is 2. The second-order valence-corrected chi connectivity index (χ2v) is 5.18. The number of Topliss-reactive ketones (excluding diaryl/α,β-unsaturated/α-hetero) is 1. The van der Waals surface area contributed by atoms with E-state index in [1.165, 1.54) is 6.92 Å². The number of nitrogens with one attached hydrogen (secondary N) is 1. The highest BCUT2D eigenvalue weighted by Gasteiger charge is 2.25. The van der Waals surface area contributed by atoms with Gasteiger partial charge in [-0.25, -0.2) is 9.82 Å². The summed E-state index contributed by atoms with van der Waals surface area (Å²) in [6.45, 7) is 4.72. The molecule has 5 nitrogen and oxygen atoms in total. The molecule has 0 radical (unpaired) electrons. The van der Waals surface area contributed by atoms with Gasteiger partial charge in [-0.3, -0.25) is 9.59 Å². The molecule has 0 spiro atoms. The van der Waals surface area contributed by atoms with Crippen molar-refractivity contribution in [3.05, 3.63) is 29.1 Å². The van der Waals surface area contributed by atoms with Crippen LogP contribution in [-0.2, 0) is 9.59 Å². The molecular formula is C15H17FN2O3. The summed E-state index contributed by atoms with van der Waals surface area (Å²) < 4.78 is 19.7. The highest BCUT2D eigenvalue weighted by atomic mass is 19.1. The number of ether oxygens (including phenoxy) is 1. The number of nitrogens with zero attached hydrogens (tertiary/aromatic N) is 1. The molecule has 0 aliphatic carbocycles. The monoisotopic (exact) mass is 292 g/mol. The predicted octanol–water partition coefficient (Wildman–Crippen LogP) is 1.96. The van der Waals surface area contributed by atoms with Crippen LogP contribution in [0.1, 0.15) is 31.4 Å². The summed E-state index contributed by atoms with van der Waals surface area (Å²) in [5.41, 5.74) is 3.54. The molecule has 0 bridgehead atoms. The summed E-state index contributed by atoms with van der Waals surface area (Å²) in [6, 6.07) is 3.17. The number of hydrogen-bond acceptors (Lipinski definition) is 4. The van der Waals surface area contributed by atoms with Gasteiger partial charge in [0.25, 0.3) is 0 Å². The fraction of sp³-hybridized carbons (Fsp3) is 0.400. The Morgan fingerprint density at radius 1 is 1.52 bits per heavy atom. The van der Waals surface area contributed by atoms with Crippen LogP contribution in [0.2, 0.25) is 0 Å². The van der Waals surface area contributed by atoms with Crippen LogP contribution < -0.4 is 10.2 Å². The van der Waals surface area contributed by atoms with Crippen molar-refractivity contribution in [1.82, 2.24) is 5.43 Å². The van der Waals surface area contributed by atoms with Crippen LogP contribution in [0.3, 0.4) is 0 Å². The standard InChI is InChI=1S/C15H17FN2O3/c1-8-6-13(20)17-18-15(8)11-4-5-12(10(3)14(11)16)21-7-9(2)19/h4-5,8H,6-7H2,1-3H3,(H,17,20). The van der Waals surface area contributed by atoms with Gasteiger partial charge in [0.15, 0.2) is 5.78 Å². The zero-order chi connectivity index (χ0) is 15.6. The molecule has 0 saturated heterocycles. The van der Waals surface area contributed by atoms with E-state index < -0.39 is 5.82 Å². The number of rotatable bonds is 4. The van der Waals surface area contributed by atoms with E-state index in [-0.39, 0.29) is 30.6 Å². The van der Waals surface area contributed by atoms with Gasteiger partial charge < -0.3 is 4.74 Å². The summed E-state index contributed by atoms with van der Waals surface area (Å²) >= 11 is 0. The zero-order valence-electron chi connectivity index (χ0n) is 12.2. The molecule has 1 heterocycles. The van der Waals surface area contributed by atoms with E-state index in [2.05, 4.69) is 10.5 Å². The van der Waals surface area contributed by atoms with E-state index in [0.29, 0.717) is 22.6 Å². The van der Waals surface area contributed by atoms with Gasteiger partial charge in [0, 0.05) is 23.5 Å². The summed E-state index contributed by atoms with van der Waals surface area (Å²) in [4.78, 5) is 22.2. The molecule has 1 aromatic rings. The first-order valence-electron chi connectivity index (χ1n) is 6.68. The van der Waals surface area contributed by atoms with Gasteiger partial charge >= 0.3 is 0 Å². The molecule has 112 valence electrons. The van der Waals surface area contributed by atoms with Crippen molar-refractivity contribution < 1.29 is 18.7 Å². The van der Waals surface area contributed by atoms with Gasteiger partial charge in [0.2, 0.25) is 5.91 Å². The largest absolute Gasteiger partial charge is 0.485 e. The third kappa shape index (κ3) is 3.26. The van der Waals surface area contributed by atoms with E-state index in [1.807, 2.05) is 6.92 Å². The third-order valence-corrected chi connectivity index (χ3v) is 3.30. The molecule has 0 aromatic heterocycles. The minimum atomic E-state index is -0.446.